The van der Waals surface area contributed by atoms with Gasteiger partial charge < -0.3 is 14.8 Å². The number of imide groups is 1. The number of phenolic OH excluding ortho intramolecular Hbond substituents is 1. The van der Waals surface area contributed by atoms with Gasteiger partial charge in [0.2, 0.25) is 11.8 Å². The third-order valence-corrected chi connectivity index (χ3v) is 10.6. The van der Waals surface area contributed by atoms with E-state index in [1.54, 1.807) is 17.0 Å². The Bertz CT molecular complexity index is 1430. The van der Waals surface area contributed by atoms with Crippen molar-refractivity contribution >= 4 is 25.0 Å². The van der Waals surface area contributed by atoms with Gasteiger partial charge in [0, 0.05) is 25.7 Å². The molecule has 0 saturated carbocycles. The average molecular weight is 611 g/mol. The van der Waals surface area contributed by atoms with Crippen LogP contribution in [0.25, 0.3) is 6.08 Å². The molecular formula is C37H47BN2O5. The van der Waals surface area contributed by atoms with Gasteiger partial charge in [0.15, 0.2) is 0 Å². The molecule has 0 aromatic heterocycles. The second-order valence-corrected chi connectivity index (χ2v) is 13.7. The Balaban J connectivity index is 1.19. The van der Waals surface area contributed by atoms with E-state index in [2.05, 4.69) is 56.0 Å². The van der Waals surface area contributed by atoms with Crippen molar-refractivity contribution in [1.29, 1.82) is 0 Å². The van der Waals surface area contributed by atoms with Crippen LogP contribution in [0.2, 0.25) is 6.32 Å². The molecule has 4 aliphatic rings. The van der Waals surface area contributed by atoms with Gasteiger partial charge in [0.05, 0.1) is 17.9 Å². The molecule has 2 aromatic rings. The number of nitrogens with zero attached hydrogens (tertiary/aromatic N) is 2. The first-order chi connectivity index (χ1) is 21.7. The van der Waals surface area contributed by atoms with Crippen LogP contribution in [0, 0.1) is 23.7 Å². The number of hydrogen-bond acceptors (Lipinski definition) is 6. The Labute approximate surface area is 268 Å². The van der Waals surface area contributed by atoms with Crippen molar-refractivity contribution in [3.63, 3.8) is 0 Å². The number of likely N-dealkylation sites (tertiary alicyclic amines) is 2. The number of hydrogen-bond donors (Lipinski definition) is 2. The van der Waals surface area contributed by atoms with Crippen LogP contribution >= 0.6 is 0 Å². The summed E-state index contributed by atoms with van der Waals surface area (Å²) in [5.41, 5.74) is 5.98. The highest BCUT2D eigenvalue weighted by atomic mass is 16.5. The van der Waals surface area contributed by atoms with Crippen LogP contribution in [0.15, 0.2) is 71.3 Å². The van der Waals surface area contributed by atoms with E-state index in [0.29, 0.717) is 19.2 Å². The molecule has 3 heterocycles. The highest BCUT2D eigenvalue weighted by Crippen LogP contribution is 2.52. The molecule has 2 aromatic carbocycles. The topological polar surface area (TPSA) is 90.3 Å². The minimum atomic E-state index is -0.958. The summed E-state index contributed by atoms with van der Waals surface area (Å²) < 4.78 is 6.23. The lowest BCUT2D eigenvalue weighted by Crippen LogP contribution is -2.48. The van der Waals surface area contributed by atoms with Gasteiger partial charge in [0.1, 0.15) is 5.75 Å². The number of phenols is 1. The van der Waals surface area contributed by atoms with Crippen molar-refractivity contribution in [2.24, 2.45) is 23.7 Å². The maximum Gasteiger partial charge on any atom is 0.455 e. The van der Waals surface area contributed by atoms with E-state index >= 15 is 0 Å². The first kappa shape index (κ1) is 31.8. The number of fused-ring (bicyclic) bond motifs is 3. The largest absolute Gasteiger partial charge is 0.508 e. The molecule has 2 N–H and O–H groups in total. The monoisotopic (exact) mass is 610 g/mol. The third-order valence-electron chi connectivity index (χ3n) is 10.6. The molecule has 0 bridgehead atoms. The molecule has 0 radical (unpaired) electrons. The fourth-order valence-electron chi connectivity index (χ4n) is 8.29. The fourth-order valence-corrected chi connectivity index (χ4v) is 8.29. The van der Waals surface area contributed by atoms with Crippen LogP contribution < -0.4 is 0 Å². The van der Waals surface area contributed by atoms with Crippen LogP contribution in [0.4, 0.5) is 0 Å². The summed E-state index contributed by atoms with van der Waals surface area (Å²) >= 11 is 0. The number of amides is 2. The second kappa shape index (κ2) is 13.7. The summed E-state index contributed by atoms with van der Waals surface area (Å²) in [6.45, 7) is 9.09. The molecule has 6 rings (SSSR count). The van der Waals surface area contributed by atoms with Crippen molar-refractivity contribution in [3.8, 4) is 5.75 Å². The molecule has 1 aliphatic carbocycles. The lowest BCUT2D eigenvalue weighted by molar-refractivity contribution is -0.144. The highest BCUT2D eigenvalue weighted by molar-refractivity contribution is 6.43. The normalized spacial score (nSPS) is 26.6. The number of aromatic hydroxyl groups is 1. The van der Waals surface area contributed by atoms with Gasteiger partial charge in [-0.2, -0.15) is 0 Å². The second-order valence-electron chi connectivity index (χ2n) is 13.7. The van der Waals surface area contributed by atoms with E-state index < -0.39 is 13.0 Å². The number of rotatable bonds is 9. The lowest BCUT2D eigenvalue weighted by Gasteiger charge is -2.44. The van der Waals surface area contributed by atoms with Crippen LogP contribution in [0.1, 0.15) is 70.4 Å². The van der Waals surface area contributed by atoms with E-state index in [9.17, 15) is 19.7 Å². The van der Waals surface area contributed by atoms with Crippen LogP contribution in [0.3, 0.4) is 0 Å². The zero-order chi connectivity index (χ0) is 31.7. The first-order valence-corrected chi connectivity index (χ1v) is 16.9. The predicted molar refractivity (Wildman–Crippen MR) is 177 cm³/mol. The Morgan fingerprint density at radius 1 is 1.02 bits per heavy atom. The van der Waals surface area contributed by atoms with E-state index in [4.69, 9.17) is 4.65 Å². The molecule has 0 unspecified atom stereocenters. The minimum absolute atomic E-state index is 0.00802. The van der Waals surface area contributed by atoms with Crippen molar-refractivity contribution in [2.45, 2.75) is 84.3 Å². The number of piperidine rings is 1. The van der Waals surface area contributed by atoms with Gasteiger partial charge in [-0.1, -0.05) is 80.5 Å². The standard InChI is InChI=1S/C37H47BN2O5/c1-4-25(20-26-10-13-29(41)14-11-26)12-15-33-34-30(24(2)3)21-31-35(32(34)22-38(44)45-33)37(43)40(36(31)42)28-16-18-39(19-17-28)23-27-8-6-5-7-9-27/h5-11,13-14,20,24,28,31-33,35,41,44H,4,12,15-19,21-23H2,1-3H3/b25-20+/t31-,32+,33-,35-/m1/s1. The lowest BCUT2D eigenvalue weighted by atomic mass is 9.57. The molecule has 8 heteroatoms. The number of benzene rings is 2. The van der Waals surface area contributed by atoms with E-state index in [-0.39, 0.29) is 47.5 Å². The zero-order valence-corrected chi connectivity index (χ0v) is 26.9. The van der Waals surface area contributed by atoms with Crippen molar-refractivity contribution in [3.05, 3.63) is 82.4 Å². The molecule has 3 saturated heterocycles. The maximum absolute atomic E-state index is 14.2. The number of carbonyl (C=O) groups excluding carboxylic acids is 2. The van der Waals surface area contributed by atoms with Crippen molar-refractivity contribution in [1.82, 2.24) is 9.80 Å². The molecular weight excluding hydrogens is 563 g/mol. The SMILES string of the molecule is CC/C(=C\c1ccc(O)cc1)CC[C@H]1OB(O)C[C@H]2C1=C(C(C)C)C[C@H]1C(=O)N(C3CCN(Cc4ccccc4)CC3)C(=O)[C@H]12. The Morgan fingerprint density at radius 3 is 2.40 bits per heavy atom. The number of carbonyl (C=O) groups is 2. The summed E-state index contributed by atoms with van der Waals surface area (Å²) in [6.07, 6.45) is 6.81. The summed E-state index contributed by atoms with van der Waals surface area (Å²) in [7, 11) is -0.958. The van der Waals surface area contributed by atoms with Gasteiger partial charge in [-0.3, -0.25) is 19.4 Å². The van der Waals surface area contributed by atoms with Crippen LogP contribution in [-0.4, -0.2) is 64.1 Å². The van der Waals surface area contributed by atoms with E-state index in [1.165, 1.54) is 16.7 Å². The number of allylic oxidation sites excluding steroid dienone is 2. The molecule has 4 atom stereocenters. The Morgan fingerprint density at radius 2 is 1.73 bits per heavy atom. The van der Waals surface area contributed by atoms with Gasteiger partial charge in [0.25, 0.3) is 0 Å². The van der Waals surface area contributed by atoms with Gasteiger partial charge in [-0.25, -0.2) is 0 Å². The molecule has 3 fully saturated rings. The van der Waals surface area contributed by atoms with Gasteiger partial charge in [-0.15, -0.1) is 0 Å². The summed E-state index contributed by atoms with van der Waals surface area (Å²) in [5, 5.41) is 20.6. The Hall–Kier alpha value is -3.20. The highest BCUT2D eigenvalue weighted by Gasteiger charge is 2.58. The summed E-state index contributed by atoms with van der Waals surface area (Å²) in [5.74, 6) is -0.523. The van der Waals surface area contributed by atoms with Gasteiger partial charge >= 0.3 is 7.12 Å². The Kier molecular flexibility index (Phi) is 9.64. The average Bonchev–Trinajstić information content (AvgIpc) is 3.29. The summed E-state index contributed by atoms with van der Waals surface area (Å²) in [4.78, 5) is 32.3. The third kappa shape index (κ3) is 6.69. The van der Waals surface area contributed by atoms with Crippen molar-refractivity contribution in [2.75, 3.05) is 13.1 Å². The molecule has 3 aliphatic heterocycles. The molecule has 238 valence electrons. The molecule has 45 heavy (non-hydrogen) atoms. The zero-order valence-electron chi connectivity index (χ0n) is 26.9. The van der Waals surface area contributed by atoms with Crippen LogP contribution in [0.5, 0.6) is 5.75 Å². The first-order valence-electron chi connectivity index (χ1n) is 16.9. The molecule has 2 amide bonds. The predicted octanol–water partition coefficient (Wildman–Crippen LogP) is 6.08. The van der Waals surface area contributed by atoms with Crippen molar-refractivity contribution < 1.29 is 24.4 Å². The minimum Gasteiger partial charge on any atom is -0.508 e. The van der Waals surface area contributed by atoms with Gasteiger partial charge in [-0.05, 0) is 85.5 Å². The smallest absolute Gasteiger partial charge is 0.455 e. The van der Waals surface area contributed by atoms with Crippen LogP contribution in [-0.2, 0) is 20.8 Å². The van der Waals surface area contributed by atoms with E-state index in [1.807, 2.05) is 18.2 Å². The quantitative estimate of drug-likeness (QED) is 0.203. The fraction of sp³-hybridized carbons (Fsp3) is 0.514. The maximum atomic E-state index is 14.2. The van der Waals surface area contributed by atoms with E-state index in [0.717, 1.165) is 56.5 Å². The summed E-state index contributed by atoms with van der Waals surface area (Å²) in [6, 6.07) is 17.6. The molecule has 0 spiro atoms. The molecule has 7 nitrogen and oxygen atoms in total.